The Morgan fingerprint density at radius 3 is 2.60 bits per heavy atom. The number of nitrogens with zero attached hydrogens (tertiary/aromatic N) is 1. The number of amides is 1. The molecule has 2 aliphatic heterocycles. The van der Waals surface area contributed by atoms with Crippen molar-refractivity contribution in [3.05, 3.63) is 35.6 Å². The minimum Gasteiger partial charge on any atom is -0.373 e. The highest BCUT2D eigenvalue weighted by Gasteiger charge is 2.45. The summed E-state index contributed by atoms with van der Waals surface area (Å²) in [6, 6.07) is 5.87. The lowest BCUT2D eigenvalue weighted by atomic mass is 9.85. The zero-order chi connectivity index (χ0) is 18.2. The van der Waals surface area contributed by atoms with Gasteiger partial charge in [0.05, 0.1) is 30.3 Å². The number of halogens is 1. The molecule has 1 aromatic rings. The average molecular weight is 369 g/mol. The summed E-state index contributed by atoms with van der Waals surface area (Å²) in [5.74, 6) is -0.214. The number of ether oxygens (including phenoxy) is 1. The van der Waals surface area contributed by atoms with Gasteiger partial charge in [0, 0.05) is 13.0 Å². The molecular weight excluding hydrogens is 345 g/mol. The summed E-state index contributed by atoms with van der Waals surface area (Å²) in [6.45, 7) is 4.85. The summed E-state index contributed by atoms with van der Waals surface area (Å²) in [4.78, 5) is 14.6. The van der Waals surface area contributed by atoms with Gasteiger partial charge in [-0.2, -0.15) is 0 Å². The number of fused-ring (bicyclic) bond motifs is 1. The Hall–Kier alpha value is -1.47. The van der Waals surface area contributed by atoms with Crippen LogP contribution in [0.2, 0.25) is 0 Å². The van der Waals surface area contributed by atoms with Crippen molar-refractivity contribution in [2.75, 3.05) is 24.7 Å². The van der Waals surface area contributed by atoms with E-state index >= 15 is 0 Å². The third-order valence-electron chi connectivity index (χ3n) is 5.15. The molecule has 0 aromatic heterocycles. The summed E-state index contributed by atoms with van der Waals surface area (Å²) < 4.78 is 42.5. The number of hydrogen-bond acceptors (Lipinski definition) is 4. The van der Waals surface area contributed by atoms with Gasteiger partial charge in [-0.3, -0.25) is 4.79 Å². The largest absolute Gasteiger partial charge is 0.373 e. The van der Waals surface area contributed by atoms with Crippen molar-refractivity contribution in [3.63, 3.8) is 0 Å². The molecule has 2 saturated heterocycles. The Morgan fingerprint density at radius 2 is 1.96 bits per heavy atom. The van der Waals surface area contributed by atoms with Gasteiger partial charge >= 0.3 is 0 Å². The van der Waals surface area contributed by atoms with Crippen LogP contribution in [0.25, 0.3) is 0 Å². The molecule has 0 spiro atoms. The Morgan fingerprint density at radius 1 is 1.28 bits per heavy atom. The first-order valence-electron chi connectivity index (χ1n) is 8.64. The molecule has 0 aliphatic carbocycles. The predicted molar refractivity (Wildman–Crippen MR) is 92.5 cm³/mol. The first-order valence-corrected chi connectivity index (χ1v) is 10.5. The molecule has 2 fully saturated rings. The second-order valence-electron chi connectivity index (χ2n) is 7.25. The van der Waals surface area contributed by atoms with Gasteiger partial charge in [-0.1, -0.05) is 26.0 Å². The van der Waals surface area contributed by atoms with E-state index in [1.54, 1.807) is 17.0 Å². The van der Waals surface area contributed by atoms with Crippen LogP contribution in [0.15, 0.2) is 24.3 Å². The Kier molecular flexibility index (Phi) is 5.16. The SMILES string of the molecule is CC(C)C(CC(=O)N1CCOC2CS(=O)(=O)CC21)c1ccc(F)cc1. The van der Waals surface area contributed by atoms with Crippen molar-refractivity contribution in [1.82, 2.24) is 4.90 Å². The second kappa shape index (κ2) is 7.03. The van der Waals surface area contributed by atoms with Gasteiger partial charge in [-0.15, -0.1) is 0 Å². The van der Waals surface area contributed by atoms with Crippen LogP contribution < -0.4 is 0 Å². The van der Waals surface area contributed by atoms with E-state index in [0.717, 1.165) is 5.56 Å². The van der Waals surface area contributed by atoms with E-state index in [2.05, 4.69) is 0 Å². The number of carbonyl (C=O) groups is 1. The molecule has 3 rings (SSSR count). The first kappa shape index (κ1) is 18.3. The lowest BCUT2D eigenvalue weighted by Gasteiger charge is -2.37. The third kappa shape index (κ3) is 4.03. The predicted octanol–water partition coefficient (Wildman–Crippen LogP) is 1.98. The summed E-state index contributed by atoms with van der Waals surface area (Å²) in [6.07, 6.45) is -0.127. The van der Waals surface area contributed by atoms with Gasteiger partial charge in [-0.05, 0) is 29.5 Å². The van der Waals surface area contributed by atoms with Crippen LogP contribution in [0.1, 0.15) is 31.7 Å². The van der Waals surface area contributed by atoms with Crippen LogP contribution in [0.5, 0.6) is 0 Å². The Balaban J connectivity index is 1.76. The standard InChI is InChI=1S/C18H24FNO4S/c1-12(2)15(13-3-5-14(19)6-4-13)9-18(21)20-7-8-24-17-11-25(22,23)10-16(17)20/h3-6,12,15-17H,7-11H2,1-2H3. The maximum Gasteiger partial charge on any atom is 0.223 e. The number of benzene rings is 1. The van der Waals surface area contributed by atoms with Crippen molar-refractivity contribution in [2.45, 2.75) is 38.3 Å². The van der Waals surface area contributed by atoms with Crippen molar-refractivity contribution < 1.29 is 22.3 Å². The molecule has 1 aromatic carbocycles. The lowest BCUT2D eigenvalue weighted by molar-refractivity contribution is -0.143. The first-order chi connectivity index (χ1) is 11.8. The number of sulfone groups is 1. The van der Waals surface area contributed by atoms with E-state index in [4.69, 9.17) is 4.74 Å². The monoisotopic (exact) mass is 369 g/mol. The van der Waals surface area contributed by atoms with Crippen LogP contribution in [0.3, 0.4) is 0 Å². The van der Waals surface area contributed by atoms with Crippen LogP contribution >= 0.6 is 0 Å². The number of rotatable bonds is 4. The molecule has 2 heterocycles. The maximum absolute atomic E-state index is 13.2. The van der Waals surface area contributed by atoms with Gasteiger partial charge in [0.2, 0.25) is 5.91 Å². The quantitative estimate of drug-likeness (QED) is 0.814. The Labute approximate surface area is 148 Å². The highest BCUT2D eigenvalue weighted by molar-refractivity contribution is 7.91. The molecule has 0 radical (unpaired) electrons. The summed E-state index contributed by atoms with van der Waals surface area (Å²) in [5, 5.41) is 0. The van der Waals surface area contributed by atoms with Crippen LogP contribution in [-0.4, -0.2) is 56.0 Å². The molecule has 2 aliphatic rings. The van der Waals surface area contributed by atoms with Crippen molar-refractivity contribution in [2.24, 2.45) is 5.92 Å². The number of morpholine rings is 1. The van der Waals surface area contributed by atoms with E-state index in [-0.39, 0.29) is 47.5 Å². The summed E-state index contributed by atoms with van der Waals surface area (Å²) in [7, 11) is -3.16. The van der Waals surface area contributed by atoms with Gasteiger partial charge < -0.3 is 9.64 Å². The smallest absolute Gasteiger partial charge is 0.223 e. The molecule has 0 N–H and O–H groups in total. The zero-order valence-corrected chi connectivity index (χ0v) is 15.3. The van der Waals surface area contributed by atoms with Crippen molar-refractivity contribution >= 4 is 15.7 Å². The molecule has 7 heteroatoms. The molecule has 3 unspecified atom stereocenters. The lowest BCUT2D eigenvalue weighted by Crippen LogP contribution is -2.53. The molecule has 25 heavy (non-hydrogen) atoms. The molecule has 5 nitrogen and oxygen atoms in total. The van der Waals surface area contributed by atoms with E-state index in [1.807, 2.05) is 13.8 Å². The normalized spacial score (nSPS) is 26.5. The summed E-state index contributed by atoms with van der Waals surface area (Å²) in [5.41, 5.74) is 0.925. The van der Waals surface area contributed by atoms with Gasteiger partial charge in [0.15, 0.2) is 9.84 Å². The van der Waals surface area contributed by atoms with Crippen molar-refractivity contribution in [1.29, 1.82) is 0 Å². The van der Waals surface area contributed by atoms with Crippen LogP contribution in [0.4, 0.5) is 4.39 Å². The fourth-order valence-electron chi connectivity index (χ4n) is 3.78. The molecule has 1 amide bonds. The maximum atomic E-state index is 13.2. The van der Waals surface area contributed by atoms with Gasteiger partial charge in [0.25, 0.3) is 0 Å². The van der Waals surface area contributed by atoms with E-state index < -0.39 is 15.9 Å². The van der Waals surface area contributed by atoms with E-state index in [0.29, 0.717) is 13.2 Å². The fraction of sp³-hybridized carbons (Fsp3) is 0.611. The second-order valence-corrected chi connectivity index (χ2v) is 9.40. The third-order valence-corrected chi connectivity index (χ3v) is 6.84. The molecule has 3 atom stereocenters. The fourth-order valence-corrected chi connectivity index (χ4v) is 5.65. The average Bonchev–Trinajstić information content (AvgIpc) is 2.86. The van der Waals surface area contributed by atoms with E-state index in [9.17, 15) is 17.6 Å². The topological polar surface area (TPSA) is 63.7 Å². The molecule has 0 saturated carbocycles. The Bertz CT molecular complexity index is 732. The minimum atomic E-state index is -3.16. The molecule has 0 bridgehead atoms. The molecule has 138 valence electrons. The number of carbonyl (C=O) groups excluding carboxylic acids is 1. The van der Waals surface area contributed by atoms with Crippen LogP contribution in [-0.2, 0) is 19.4 Å². The highest BCUT2D eigenvalue weighted by atomic mass is 32.2. The van der Waals surface area contributed by atoms with Gasteiger partial charge in [0.1, 0.15) is 5.82 Å². The van der Waals surface area contributed by atoms with Gasteiger partial charge in [-0.25, -0.2) is 12.8 Å². The molecular formula is C18H24FNO4S. The zero-order valence-electron chi connectivity index (χ0n) is 14.5. The van der Waals surface area contributed by atoms with Crippen molar-refractivity contribution in [3.8, 4) is 0 Å². The minimum absolute atomic E-state index is 0.00693. The van der Waals surface area contributed by atoms with Crippen LogP contribution in [0, 0.1) is 11.7 Å². The van der Waals surface area contributed by atoms with E-state index in [1.165, 1.54) is 12.1 Å². The number of hydrogen-bond donors (Lipinski definition) is 0. The summed E-state index contributed by atoms with van der Waals surface area (Å²) >= 11 is 0. The highest BCUT2D eigenvalue weighted by Crippen LogP contribution is 2.31.